The molecule has 9 N–H and O–H groups in total. The van der Waals surface area contributed by atoms with Crippen LogP contribution in [0.1, 0.15) is 20.3 Å². The second-order valence-electron chi connectivity index (χ2n) is 13.1. The van der Waals surface area contributed by atoms with Crippen LogP contribution in [0.3, 0.4) is 0 Å². The van der Waals surface area contributed by atoms with Gasteiger partial charge in [-0.05, 0) is 38.2 Å². The third kappa shape index (κ3) is 11.1. The van der Waals surface area contributed by atoms with E-state index in [1.165, 1.54) is 19.1 Å². The molecule has 4 aliphatic rings. The lowest BCUT2D eigenvalue weighted by molar-refractivity contribution is -0.290. The van der Waals surface area contributed by atoms with E-state index in [1.807, 2.05) is 0 Å². The normalized spacial score (nSPS) is 37.2. The number of aliphatic hydroxyl groups excluding tert-OH is 7. The predicted molar refractivity (Wildman–Crippen MR) is 198 cm³/mol. The zero-order valence-corrected chi connectivity index (χ0v) is 31.7. The summed E-state index contributed by atoms with van der Waals surface area (Å²) in [5.41, 5.74) is 4.68. The Morgan fingerprint density at radius 3 is 2.09 bits per heavy atom. The average molecular weight is 830 g/mol. The van der Waals surface area contributed by atoms with Crippen LogP contribution in [0.4, 0.5) is 0 Å². The van der Waals surface area contributed by atoms with E-state index >= 15 is 0 Å². The van der Waals surface area contributed by atoms with Crippen LogP contribution in [0.15, 0.2) is 94.3 Å². The molecule has 19 heteroatoms. The fourth-order valence-corrected chi connectivity index (χ4v) is 6.35. The number of hydrogen-bond donors (Lipinski definition) is 8. The molecule has 4 heterocycles. The maximum absolute atomic E-state index is 13.8. The second-order valence-corrected chi connectivity index (χ2v) is 14.1. The average Bonchev–Trinajstić information content (AvgIpc) is 3.67. The van der Waals surface area contributed by atoms with Crippen LogP contribution < -0.4 is 5.73 Å². The fraction of sp³-hybridized carbons (Fsp3) is 0.486. The first kappa shape index (κ1) is 45.2. The molecule has 17 nitrogen and oxygen atoms in total. The van der Waals surface area contributed by atoms with E-state index in [1.54, 1.807) is 61.6 Å². The number of Topliss-reactive ketones (excluding diaryl/α,β-unsaturated/α-hetero) is 1. The molecular formula is C37H46Cl2N2O15. The van der Waals surface area contributed by atoms with Gasteiger partial charge in [0.1, 0.15) is 66.2 Å². The number of primary amides is 1. The molecule has 2 amide bonds. The maximum Gasteiger partial charge on any atom is 0.264 e. The number of nitrogens with two attached hydrogens (primary N) is 1. The van der Waals surface area contributed by atoms with Crippen LogP contribution >= 0.6 is 23.2 Å². The highest BCUT2D eigenvalue weighted by molar-refractivity contribution is 6.31. The van der Waals surface area contributed by atoms with E-state index in [2.05, 4.69) is 0 Å². The van der Waals surface area contributed by atoms with Gasteiger partial charge in [-0.1, -0.05) is 71.8 Å². The van der Waals surface area contributed by atoms with Crippen LogP contribution in [-0.2, 0) is 38.1 Å². The van der Waals surface area contributed by atoms with Gasteiger partial charge in [0.25, 0.3) is 5.91 Å². The van der Waals surface area contributed by atoms with Crippen LogP contribution in [0, 0.1) is 0 Å². The summed E-state index contributed by atoms with van der Waals surface area (Å²) in [4.78, 5) is 40.3. The number of amides is 2. The summed E-state index contributed by atoms with van der Waals surface area (Å²) < 4.78 is 28.2. The van der Waals surface area contributed by atoms with Crippen molar-refractivity contribution in [2.24, 2.45) is 5.73 Å². The van der Waals surface area contributed by atoms with E-state index in [0.717, 1.165) is 11.0 Å². The SMILES string of the molecule is C/C(Cl)=C/C=C/C(Cl)=C/C=C/C=C/C=C/C=C/C(O)=C1\C(=O)[C@H](CC(N)=O)N([C@@H]2OC[C@@H](O)[C@H](O)[C@H]2O[C@@H]2O[C@H](CO)[C@@H](O[C@@H]3O[C@H](C)[C@@H](O)[C@@H]3O)[C@@H]2O)C1=O. The van der Waals surface area contributed by atoms with Gasteiger partial charge in [0.15, 0.2) is 24.6 Å². The molecule has 4 saturated heterocycles. The minimum atomic E-state index is -1.84. The Kier molecular flexibility index (Phi) is 16.7. The monoisotopic (exact) mass is 828 g/mol. The molecule has 0 spiro atoms. The van der Waals surface area contributed by atoms with Gasteiger partial charge >= 0.3 is 0 Å². The number of nitrogens with zero attached hydrogens (tertiary/aromatic N) is 1. The van der Waals surface area contributed by atoms with Gasteiger partial charge in [-0.2, -0.15) is 0 Å². The van der Waals surface area contributed by atoms with Crippen molar-refractivity contribution in [3.8, 4) is 0 Å². The number of ether oxygens (including phenoxy) is 5. The Morgan fingerprint density at radius 2 is 1.48 bits per heavy atom. The first-order valence-corrected chi connectivity index (χ1v) is 18.2. The summed E-state index contributed by atoms with van der Waals surface area (Å²) in [6.07, 6.45) is -0.0132. The summed E-state index contributed by atoms with van der Waals surface area (Å²) in [5, 5.41) is 74.9. The van der Waals surface area contributed by atoms with E-state index in [9.17, 15) is 50.1 Å². The molecule has 0 radical (unpaired) electrons. The molecule has 4 fully saturated rings. The van der Waals surface area contributed by atoms with Crippen molar-refractivity contribution in [3.63, 3.8) is 0 Å². The number of rotatable bonds is 15. The van der Waals surface area contributed by atoms with Gasteiger partial charge in [0.05, 0.1) is 25.7 Å². The van der Waals surface area contributed by atoms with E-state index in [-0.39, 0.29) is 0 Å². The van der Waals surface area contributed by atoms with Gasteiger partial charge in [0.2, 0.25) is 5.91 Å². The first-order chi connectivity index (χ1) is 26.6. The highest BCUT2D eigenvalue weighted by Gasteiger charge is 2.57. The molecule has 0 aliphatic carbocycles. The number of carbonyl (C=O) groups excluding carboxylic acids is 3. The topological polar surface area (TPSA) is 268 Å². The summed E-state index contributed by atoms with van der Waals surface area (Å²) in [7, 11) is 0. The molecule has 4 aliphatic heterocycles. The van der Waals surface area contributed by atoms with Gasteiger partial charge in [-0.15, -0.1) is 0 Å². The quantitative estimate of drug-likeness (QED) is 0.0464. The van der Waals surface area contributed by atoms with Crippen LogP contribution in [0.25, 0.3) is 0 Å². The van der Waals surface area contributed by atoms with Gasteiger partial charge in [0, 0.05) is 10.1 Å². The minimum absolute atomic E-state index is 0.469. The Morgan fingerprint density at radius 1 is 0.857 bits per heavy atom. The number of hydrogen-bond acceptors (Lipinski definition) is 15. The molecule has 0 unspecified atom stereocenters. The number of ketones is 1. The summed E-state index contributed by atoms with van der Waals surface area (Å²) in [6, 6.07) is -1.64. The van der Waals surface area contributed by atoms with Crippen molar-refractivity contribution in [3.05, 3.63) is 94.3 Å². The highest BCUT2D eigenvalue weighted by atomic mass is 35.5. The summed E-state index contributed by atoms with van der Waals surface area (Å²) in [6.45, 7) is 1.90. The Hall–Kier alpha value is -3.53. The molecule has 0 aromatic carbocycles. The molecule has 4 rings (SSSR count). The van der Waals surface area contributed by atoms with E-state index in [4.69, 9.17) is 52.6 Å². The molecule has 13 atom stereocenters. The van der Waals surface area contributed by atoms with Crippen molar-refractivity contribution < 1.29 is 73.8 Å². The predicted octanol–water partition coefficient (Wildman–Crippen LogP) is -0.107. The van der Waals surface area contributed by atoms with Crippen LogP contribution in [-0.4, -0.2) is 151 Å². The van der Waals surface area contributed by atoms with E-state index < -0.39 is 128 Å². The minimum Gasteiger partial charge on any atom is -0.507 e. The summed E-state index contributed by atoms with van der Waals surface area (Å²) in [5.74, 6) is -3.89. The molecule has 0 saturated carbocycles. The molecule has 0 aromatic rings. The van der Waals surface area contributed by atoms with Gasteiger partial charge in [-0.25, -0.2) is 0 Å². The lowest BCUT2D eigenvalue weighted by atomic mass is 10.0. The number of likely N-dealkylation sites (tertiary alicyclic amines) is 1. The smallest absolute Gasteiger partial charge is 0.264 e. The Bertz CT molecular complexity index is 1670. The van der Waals surface area contributed by atoms with Gasteiger partial charge < -0.3 is 65.2 Å². The molecule has 0 bridgehead atoms. The second kappa shape index (κ2) is 20.8. The number of halogens is 2. The van der Waals surface area contributed by atoms with Crippen molar-refractivity contribution in [2.45, 2.75) is 100 Å². The summed E-state index contributed by atoms with van der Waals surface area (Å²) >= 11 is 11.8. The molecule has 0 aromatic heterocycles. The van der Waals surface area contributed by atoms with Gasteiger partial charge in [-0.3, -0.25) is 19.3 Å². The largest absolute Gasteiger partial charge is 0.507 e. The van der Waals surface area contributed by atoms with Crippen molar-refractivity contribution in [2.75, 3.05) is 13.2 Å². The third-order valence-corrected chi connectivity index (χ3v) is 9.35. The highest BCUT2D eigenvalue weighted by Crippen LogP contribution is 2.36. The third-order valence-electron chi connectivity index (χ3n) is 8.98. The number of aliphatic hydroxyl groups is 7. The standard InChI is InChI=1S/C37H46Cl2N2O15/c1-18(38)11-10-13-20(39)12-8-6-4-3-5-7-9-14-22(43)26-28(47)21(15-25(40)45)41(34(26)51)35-33(29(48)23(44)17-52-35)56-37-31(50)32(24(16-42)54-37)55-36-30(49)27(46)19(2)53-36/h3-14,19,21,23-24,27,29-33,35-37,42-44,46,48-50H,15-17H2,1-2H3,(H2,40,45)/b4-3+,7-5+,8-6+,13-10+,14-9+,18-11-,20-12-,26-22-/t19-,21+,23-,24-,27-,29+,30+,31+,32-,33-,35-,36+,37+/m1/s1. The molecule has 56 heavy (non-hydrogen) atoms. The zero-order chi connectivity index (χ0) is 41.3. The molecule has 308 valence electrons. The van der Waals surface area contributed by atoms with Crippen LogP contribution in [0.5, 0.6) is 0 Å². The lowest BCUT2D eigenvalue weighted by Gasteiger charge is -2.44. The lowest BCUT2D eigenvalue weighted by Crippen LogP contribution is -2.63. The fourth-order valence-electron chi connectivity index (χ4n) is 6.14. The first-order valence-electron chi connectivity index (χ1n) is 17.4. The van der Waals surface area contributed by atoms with E-state index in [0.29, 0.717) is 10.1 Å². The molecular weight excluding hydrogens is 783 g/mol. The zero-order valence-electron chi connectivity index (χ0n) is 30.2. The van der Waals surface area contributed by atoms with Crippen LogP contribution in [0.2, 0.25) is 0 Å². The maximum atomic E-state index is 13.8. The van der Waals surface area contributed by atoms with Crippen molar-refractivity contribution in [1.82, 2.24) is 4.90 Å². The Balaban J connectivity index is 1.51. The number of carbonyl (C=O) groups is 3. The van der Waals surface area contributed by atoms with Crippen molar-refractivity contribution in [1.29, 1.82) is 0 Å². The van der Waals surface area contributed by atoms with Crippen molar-refractivity contribution >= 4 is 40.8 Å². The number of allylic oxidation sites excluding steroid dienone is 14. The Labute approximate surface area is 332 Å².